The summed E-state index contributed by atoms with van der Waals surface area (Å²) in [6, 6.07) is 12.6. The molecule has 0 heterocycles. The molecule has 7 heteroatoms. The maximum Gasteiger partial charge on any atom is 0.249 e. The number of amides is 2. The Kier molecular flexibility index (Phi) is 5.82. The molecule has 2 amide bonds. The Bertz CT molecular complexity index is 750. The first-order valence-corrected chi connectivity index (χ1v) is 7.05. The topological polar surface area (TPSA) is 70.6 Å². The van der Waals surface area contributed by atoms with Crippen molar-refractivity contribution in [1.82, 2.24) is 5.43 Å². The molecular weight excluding hydrogens is 321 g/mol. The maximum absolute atomic E-state index is 13.4. The Labute approximate surface area is 137 Å². The molecule has 0 radical (unpaired) electrons. The number of nitrogens with zero attached hydrogens (tertiary/aromatic N) is 1. The first kappa shape index (κ1) is 16.6. The number of hydrogen-bond donors (Lipinski definition) is 2. The molecule has 0 aliphatic rings. The van der Waals surface area contributed by atoms with Crippen LogP contribution in [0.3, 0.4) is 0 Å². The molecule has 0 aliphatic heterocycles. The molecule has 0 atom stereocenters. The number of carbonyl (C=O) groups is 2. The molecule has 118 valence electrons. The Morgan fingerprint density at radius 2 is 1.78 bits per heavy atom. The first-order chi connectivity index (χ1) is 11.1. The van der Waals surface area contributed by atoms with Gasteiger partial charge in [-0.3, -0.25) is 9.59 Å². The minimum absolute atomic E-state index is 0.0184. The molecule has 5 nitrogen and oxygen atoms in total. The normalized spacial score (nSPS) is 10.5. The van der Waals surface area contributed by atoms with Gasteiger partial charge in [0.15, 0.2) is 0 Å². The highest BCUT2D eigenvalue weighted by atomic mass is 35.5. The van der Waals surface area contributed by atoms with Gasteiger partial charge in [0.05, 0.1) is 11.9 Å². The van der Waals surface area contributed by atoms with E-state index in [4.69, 9.17) is 11.6 Å². The SMILES string of the molecule is O=C(CC(=O)Nc1ccccc1F)NN=Cc1ccccc1Cl. The Balaban J connectivity index is 1.84. The summed E-state index contributed by atoms with van der Waals surface area (Å²) in [5.41, 5.74) is 2.86. The van der Waals surface area contributed by atoms with Crippen molar-refractivity contribution in [3.8, 4) is 0 Å². The summed E-state index contributed by atoms with van der Waals surface area (Å²) in [5, 5.41) is 6.52. The van der Waals surface area contributed by atoms with E-state index in [2.05, 4.69) is 15.8 Å². The molecule has 2 rings (SSSR count). The highest BCUT2D eigenvalue weighted by Crippen LogP contribution is 2.13. The fourth-order valence-corrected chi connectivity index (χ4v) is 1.88. The van der Waals surface area contributed by atoms with Crippen molar-refractivity contribution in [1.29, 1.82) is 0 Å². The van der Waals surface area contributed by atoms with Crippen molar-refractivity contribution >= 4 is 35.3 Å². The van der Waals surface area contributed by atoms with Crippen LogP contribution in [0.2, 0.25) is 5.02 Å². The van der Waals surface area contributed by atoms with Gasteiger partial charge in [-0.2, -0.15) is 5.10 Å². The minimum Gasteiger partial charge on any atom is -0.323 e. The number of nitrogens with one attached hydrogen (secondary N) is 2. The van der Waals surface area contributed by atoms with E-state index in [0.717, 1.165) is 0 Å². The monoisotopic (exact) mass is 333 g/mol. The lowest BCUT2D eigenvalue weighted by atomic mass is 10.2. The van der Waals surface area contributed by atoms with Gasteiger partial charge in [0.25, 0.3) is 0 Å². The minimum atomic E-state index is -0.638. The number of anilines is 1. The number of para-hydroxylation sites is 1. The van der Waals surface area contributed by atoms with Gasteiger partial charge in [0.1, 0.15) is 12.2 Å². The second kappa shape index (κ2) is 8.05. The van der Waals surface area contributed by atoms with Gasteiger partial charge in [-0.25, -0.2) is 9.82 Å². The molecule has 2 aromatic carbocycles. The van der Waals surface area contributed by atoms with Crippen LogP contribution in [-0.2, 0) is 9.59 Å². The third-order valence-corrected chi connectivity index (χ3v) is 3.11. The molecular formula is C16H13ClFN3O2. The largest absolute Gasteiger partial charge is 0.323 e. The second-order valence-electron chi connectivity index (χ2n) is 4.52. The molecule has 0 fully saturated rings. The van der Waals surface area contributed by atoms with Crippen molar-refractivity contribution in [2.75, 3.05) is 5.32 Å². The predicted molar refractivity (Wildman–Crippen MR) is 86.8 cm³/mol. The van der Waals surface area contributed by atoms with Crippen molar-refractivity contribution < 1.29 is 14.0 Å². The Morgan fingerprint density at radius 3 is 2.52 bits per heavy atom. The fourth-order valence-electron chi connectivity index (χ4n) is 1.70. The number of benzene rings is 2. The number of hydrazone groups is 1. The summed E-state index contributed by atoms with van der Waals surface area (Å²) < 4.78 is 13.4. The van der Waals surface area contributed by atoms with E-state index in [0.29, 0.717) is 10.6 Å². The van der Waals surface area contributed by atoms with Gasteiger partial charge in [0, 0.05) is 10.6 Å². The third kappa shape index (κ3) is 5.19. The summed E-state index contributed by atoms with van der Waals surface area (Å²) in [7, 11) is 0. The summed E-state index contributed by atoms with van der Waals surface area (Å²) in [6.45, 7) is 0. The van der Waals surface area contributed by atoms with Gasteiger partial charge in [-0.05, 0) is 18.2 Å². The Morgan fingerprint density at radius 1 is 1.09 bits per heavy atom. The van der Waals surface area contributed by atoms with Gasteiger partial charge in [-0.1, -0.05) is 41.9 Å². The van der Waals surface area contributed by atoms with Crippen molar-refractivity contribution in [3.05, 3.63) is 64.9 Å². The standard InChI is InChI=1S/C16H13ClFN3O2/c17-12-6-2-1-5-11(12)10-19-21-16(23)9-15(22)20-14-8-4-3-7-13(14)18/h1-8,10H,9H2,(H,20,22)(H,21,23). The lowest BCUT2D eigenvalue weighted by Crippen LogP contribution is -2.24. The van der Waals surface area contributed by atoms with Gasteiger partial charge in [-0.15, -0.1) is 0 Å². The van der Waals surface area contributed by atoms with Gasteiger partial charge < -0.3 is 5.32 Å². The van der Waals surface area contributed by atoms with Crippen LogP contribution in [0.25, 0.3) is 0 Å². The van der Waals surface area contributed by atoms with E-state index in [9.17, 15) is 14.0 Å². The average molecular weight is 334 g/mol. The number of carbonyl (C=O) groups excluding carboxylic acids is 2. The zero-order chi connectivity index (χ0) is 16.7. The van der Waals surface area contributed by atoms with Crippen LogP contribution >= 0.6 is 11.6 Å². The van der Waals surface area contributed by atoms with E-state index in [1.807, 2.05) is 0 Å². The van der Waals surface area contributed by atoms with Crippen LogP contribution in [-0.4, -0.2) is 18.0 Å². The second-order valence-corrected chi connectivity index (χ2v) is 4.93. The van der Waals surface area contributed by atoms with E-state index in [1.165, 1.54) is 24.4 Å². The molecule has 0 aliphatic carbocycles. The first-order valence-electron chi connectivity index (χ1n) is 6.67. The molecule has 0 aromatic heterocycles. The lowest BCUT2D eigenvalue weighted by Gasteiger charge is -2.05. The Hall–Kier alpha value is -2.73. The molecule has 23 heavy (non-hydrogen) atoms. The summed E-state index contributed by atoms with van der Waals surface area (Å²) >= 11 is 5.93. The number of hydrogen-bond acceptors (Lipinski definition) is 3. The molecule has 0 unspecified atom stereocenters. The predicted octanol–water partition coefficient (Wildman–Crippen LogP) is 2.96. The molecule has 0 spiro atoms. The quantitative estimate of drug-likeness (QED) is 0.501. The maximum atomic E-state index is 13.4. The van der Waals surface area contributed by atoms with Crippen LogP contribution < -0.4 is 10.7 Å². The van der Waals surface area contributed by atoms with Crippen LogP contribution in [0.5, 0.6) is 0 Å². The zero-order valence-electron chi connectivity index (χ0n) is 11.9. The van der Waals surface area contributed by atoms with Crippen molar-refractivity contribution in [3.63, 3.8) is 0 Å². The van der Waals surface area contributed by atoms with E-state index in [1.54, 1.807) is 30.3 Å². The lowest BCUT2D eigenvalue weighted by molar-refractivity contribution is -0.126. The van der Waals surface area contributed by atoms with Crippen LogP contribution in [0.1, 0.15) is 12.0 Å². The average Bonchev–Trinajstić information content (AvgIpc) is 2.51. The molecule has 0 saturated carbocycles. The molecule has 0 bridgehead atoms. The van der Waals surface area contributed by atoms with Crippen LogP contribution in [0.4, 0.5) is 10.1 Å². The third-order valence-electron chi connectivity index (χ3n) is 2.77. The van der Waals surface area contributed by atoms with Crippen LogP contribution in [0, 0.1) is 5.82 Å². The van der Waals surface area contributed by atoms with E-state index < -0.39 is 24.1 Å². The van der Waals surface area contributed by atoms with Crippen LogP contribution in [0.15, 0.2) is 53.6 Å². The zero-order valence-corrected chi connectivity index (χ0v) is 12.7. The van der Waals surface area contributed by atoms with Gasteiger partial charge in [0.2, 0.25) is 11.8 Å². The van der Waals surface area contributed by atoms with Gasteiger partial charge >= 0.3 is 0 Å². The van der Waals surface area contributed by atoms with E-state index >= 15 is 0 Å². The number of halogens is 2. The van der Waals surface area contributed by atoms with E-state index in [-0.39, 0.29) is 5.69 Å². The van der Waals surface area contributed by atoms with Crippen molar-refractivity contribution in [2.24, 2.45) is 5.10 Å². The van der Waals surface area contributed by atoms with Crippen molar-refractivity contribution in [2.45, 2.75) is 6.42 Å². The highest BCUT2D eigenvalue weighted by Gasteiger charge is 2.10. The number of rotatable bonds is 5. The molecule has 2 aromatic rings. The molecule has 0 saturated heterocycles. The fraction of sp³-hybridized carbons (Fsp3) is 0.0625. The summed E-state index contributed by atoms with van der Waals surface area (Å²) in [4.78, 5) is 23.2. The summed E-state index contributed by atoms with van der Waals surface area (Å²) in [6.07, 6.45) is 0.892. The summed E-state index contributed by atoms with van der Waals surface area (Å²) in [5.74, 6) is -1.83. The molecule has 2 N–H and O–H groups in total. The smallest absolute Gasteiger partial charge is 0.249 e. The highest BCUT2D eigenvalue weighted by molar-refractivity contribution is 6.33.